The molecular formula is C49H62N8O9S2. The third-order valence-corrected chi connectivity index (χ3v) is 16.1. The van der Waals surface area contributed by atoms with Crippen molar-refractivity contribution >= 4 is 61.2 Å². The minimum absolute atomic E-state index is 0.0100. The fourth-order valence-electron chi connectivity index (χ4n) is 9.32. The Balaban J connectivity index is 1.08. The lowest BCUT2D eigenvalue weighted by Gasteiger charge is -2.37. The van der Waals surface area contributed by atoms with Crippen LogP contribution in [-0.2, 0) is 30.8 Å². The van der Waals surface area contributed by atoms with Gasteiger partial charge in [-0.1, -0.05) is 64.0 Å². The number of nitrogens with one attached hydrogen (secondary N) is 4. The number of rotatable bonds is 11. The summed E-state index contributed by atoms with van der Waals surface area (Å²) < 4.78 is 41.3. The highest BCUT2D eigenvalue weighted by atomic mass is 32.2. The largest absolute Gasteiger partial charge is 0.497 e. The van der Waals surface area contributed by atoms with Gasteiger partial charge >= 0.3 is 12.0 Å². The normalized spacial score (nSPS) is 24.7. The van der Waals surface area contributed by atoms with Gasteiger partial charge < -0.3 is 40.7 Å². The first-order chi connectivity index (χ1) is 32.4. The van der Waals surface area contributed by atoms with Gasteiger partial charge in [0.05, 0.1) is 29.8 Å². The van der Waals surface area contributed by atoms with Crippen molar-refractivity contribution in [2.75, 3.05) is 32.1 Å². The van der Waals surface area contributed by atoms with Gasteiger partial charge in [0.2, 0.25) is 21.8 Å². The average molecular weight is 971 g/mol. The van der Waals surface area contributed by atoms with Crippen LogP contribution in [-0.4, -0.2) is 119 Å². The molecule has 1 saturated heterocycles. The van der Waals surface area contributed by atoms with Gasteiger partial charge in [-0.15, -0.1) is 11.3 Å². The van der Waals surface area contributed by atoms with E-state index in [0.717, 1.165) is 23.5 Å². The second-order valence-electron chi connectivity index (χ2n) is 19.7. The highest BCUT2D eigenvalue weighted by Crippen LogP contribution is 2.46. The number of allylic oxidation sites excluding steroid dienone is 1. The Bertz CT molecular complexity index is 2700. The molecule has 5 N–H and O–H groups in total. The summed E-state index contributed by atoms with van der Waals surface area (Å²) in [6.45, 7) is 10.0. The quantitative estimate of drug-likeness (QED) is 0.104. The van der Waals surface area contributed by atoms with Crippen LogP contribution >= 0.6 is 11.3 Å². The van der Waals surface area contributed by atoms with E-state index in [0.29, 0.717) is 53.1 Å². The number of pyridine rings is 1. The number of fused-ring (bicyclic) bond motifs is 4. The van der Waals surface area contributed by atoms with E-state index >= 15 is 4.79 Å². The maximum atomic E-state index is 15.0. The lowest BCUT2D eigenvalue weighted by Crippen LogP contribution is -2.59. The second-order valence-corrected chi connectivity index (χ2v) is 22.4. The maximum absolute atomic E-state index is 15.0. The zero-order valence-electron chi connectivity index (χ0n) is 39.4. The molecule has 0 radical (unpaired) electrons. The van der Waals surface area contributed by atoms with E-state index in [9.17, 15) is 27.9 Å². The second kappa shape index (κ2) is 19.7. The number of carboxylic acids is 1. The van der Waals surface area contributed by atoms with Crippen LogP contribution in [0.2, 0.25) is 0 Å². The Labute approximate surface area is 401 Å². The van der Waals surface area contributed by atoms with Gasteiger partial charge in [0.1, 0.15) is 40.9 Å². The number of methoxy groups -OCH3 is 1. The Hall–Kier alpha value is -5.79. The van der Waals surface area contributed by atoms with Crippen LogP contribution in [0.3, 0.4) is 0 Å². The van der Waals surface area contributed by atoms with Gasteiger partial charge in [0.15, 0.2) is 5.13 Å². The van der Waals surface area contributed by atoms with E-state index in [2.05, 4.69) is 21.3 Å². The number of carboxylic acid groups (broad SMARTS) is 1. The van der Waals surface area contributed by atoms with Gasteiger partial charge in [0, 0.05) is 60.4 Å². The molecule has 19 heteroatoms. The predicted octanol–water partition coefficient (Wildman–Crippen LogP) is 6.34. The third-order valence-electron chi connectivity index (χ3n) is 13.3. The monoisotopic (exact) mass is 970 g/mol. The van der Waals surface area contributed by atoms with Gasteiger partial charge in [0.25, 0.3) is 0 Å². The topological polar surface area (TPSA) is 221 Å². The number of amides is 4. The number of aromatic nitrogens is 2. The Morgan fingerprint density at radius 3 is 2.60 bits per heavy atom. The predicted molar refractivity (Wildman–Crippen MR) is 259 cm³/mol. The number of anilines is 1. The van der Waals surface area contributed by atoms with Crippen molar-refractivity contribution in [3.63, 3.8) is 0 Å². The highest BCUT2D eigenvalue weighted by molar-refractivity contribution is 7.89. The molecule has 0 bridgehead atoms. The molecule has 2 unspecified atom stereocenters. The van der Waals surface area contributed by atoms with Crippen LogP contribution in [0.15, 0.2) is 71.0 Å². The number of benzene rings is 2. The van der Waals surface area contributed by atoms with Crippen LogP contribution in [0.1, 0.15) is 85.1 Å². The molecule has 8 rings (SSSR count). The van der Waals surface area contributed by atoms with E-state index in [-0.39, 0.29) is 49.8 Å². The molecule has 3 aliphatic heterocycles. The lowest BCUT2D eigenvalue weighted by molar-refractivity contribution is -0.145. The number of ether oxygens (including phenoxy) is 2. The van der Waals surface area contributed by atoms with E-state index in [4.69, 9.17) is 19.4 Å². The zero-order valence-corrected chi connectivity index (χ0v) is 41.0. The van der Waals surface area contributed by atoms with Crippen LogP contribution in [0.25, 0.3) is 22.3 Å². The Morgan fingerprint density at radius 2 is 1.85 bits per heavy atom. The molecular weight excluding hydrogens is 909 g/mol. The van der Waals surface area contributed by atoms with Crippen LogP contribution in [0.5, 0.6) is 11.5 Å². The number of nitrogens with zero attached hydrogens (tertiary/aromatic N) is 4. The summed E-state index contributed by atoms with van der Waals surface area (Å²) in [5.41, 5.74) is 0.377. The van der Waals surface area contributed by atoms with Gasteiger partial charge in [-0.25, -0.2) is 28.0 Å². The van der Waals surface area contributed by atoms with Crippen molar-refractivity contribution < 1.29 is 42.2 Å². The highest BCUT2D eigenvalue weighted by Gasteiger charge is 2.61. The first kappa shape index (κ1) is 48.7. The number of carbonyl (C=O) groups is 4. The molecule has 5 heterocycles. The fraction of sp³-hybridized carbons (Fsp3) is 0.510. The van der Waals surface area contributed by atoms with Crippen molar-refractivity contribution in [2.45, 2.75) is 127 Å². The summed E-state index contributed by atoms with van der Waals surface area (Å²) in [4.78, 5) is 67.8. The smallest absolute Gasteiger partial charge is 0.330 e. The summed E-state index contributed by atoms with van der Waals surface area (Å²) in [5, 5.41) is 25.8. The van der Waals surface area contributed by atoms with Crippen molar-refractivity contribution in [1.82, 2.24) is 35.1 Å². The van der Waals surface area contributed by atoms with Crippen molar-refractivity contribution in [1.29, 1.82) is 0 Å². The SMILES string of the molecule is COc1ccc2c(O[C@@H]3C[C@H]4C(=O)N[C@]5(C(=O)O)CC5C=CCCCCC[C@H](NC(=O)NC(CN5CCc6ccccc6S5(=O)=O)C(C)(C)C)C(=O)N4C3)cc(-c3csc(NC(C)C)n3)nc2c1. The molecule has 2 fully saturated rings. The maximum Gasteiger partial charge on any atom is 0.330 e. The number of sulfonamides is 1. The average Bonchev–Trinajstić information content (AvgIpc) is 3.55. The summed E-state index contributed by atoms with van der Waals surface area (Å²) in [6.07, 6.45) is 6.87. The Morgan fingerprint density at radius 1 is 1.06 bits per heavy atom. The van der Waals surface area contributed by atoms with Gasteiger partial charge in [-0.05, 0) is 75.1 Å². The molecule has 1 saturated carbocycles. The number of aliphatic carboxylic acids is 1. The number of urea groups is 1. The third kappa shape index (κ3) is 10.4. The van der Waals surface area contributed by atoms with Crippen LogP contribution in [0, 0.1) is 11.3 Å². The molecule has 364 valence electrons. The summed E-state index contributed by atoms with van der Waals surface area (Å²) in [5.74, 6) is -1.68. The van der Waals surface area contributed by atoms with Crippen molar-refractivity contribution in [3.05, 3.63) is 71.6 Å². The zero-order chi connectivity index (χ0) is 48.5. The number of hydrogen-bond acceptors (Lipinski definition) is 12. The summed E-state index contributed by atoms with van der Waals surface area (Å²) in [6, 6.07) is 10.8. The number of thiazole rings is 1. The fourth-order valence-corrected chi connectivity index (χ4v) is 11.9. The minimum atomic E-state index is -3.83. The molecule has 0 spiro atoms. The minimum Gasteiger partial charge on any atom is -0.497 e. The molecule has 2 aromatic carbocycles. The van der Waals surface area contributed by atoms with Gasteiger partial charge in [-0.3, -0.25) is 9.59 Å². The lowest BCUT2D eigenvalue weighted by atomic mass is 9.86. The van der Waals surface area contributed by atoms with Crippen LogP contribution < -0.4 is 30.7 Å². The summed E-state index contributed by atoms with van der Waals surface area (Å²) in [7, 11) is -2.27. The van der Waals surface area contributed by atoms with E-state index < -0.39 is 74.9 Å². The molecule has 2 aromatic heterocycles. The molecule has 6 atom stereocenters. The molecule has 4 aromatic rings. The van der Waals surface area contributed by atoms with E-state index in [1.54, 1.807) is 37.4 Å². The standard InChI is InChI=1S/C49H62N8O9S2/c1-29(2)50-47-53-38(28-67-47)37-24-40(34-19-18-32(65-6)22-36(34)51-37)66-33-23-39-43(58)55-49(45(60)61)25-31(49)15-10-8-7-9-11-16-35(44(59)57(39)26-33)52-46(62)54-42(48(3,4)5)27-56-21-20-30-14-12-13-17-41(30)68(56,63)64/h10,12-15,17-19,22,24,28-29,31,33,35,39,42H,7-9,11,16,20-21,23,25-27H2,1-6H3,(H,50,53)(H,55,58)(H,60,61)(H2,52,54,62)/t31?,33-,35+,39+,42?,49-/m1/s1. The molecule has 68 heavy (non-hydrogen) atoms. The summed E-state index contributed by atoms with van der Waals surface area (Å²) >= 11 is 1.45. The first-order valence-electron chi connectivity index (χ1n) is 23.4. The van der Waals surface area contributed by atoms with Crippen molar-refractivity contribution in [2.24, 2.45) is 11.3 Å². The van der Waals surface area contributed by atoms with Crippen LogP contribution in [0.4, 0.5) is 9.93 Å². The van der Waals surface area contributed by atoms with Crippen molar-refractivity contribution in [3.8, 4) is 22.9 Å². The Kier molecular flexibility index (Phi) is 14.1. The first-order valence-corrected chi connectivity index (χ1v) is 25.7. The molecule has 17 nitrogen and oxygen atoms in total. The molecule has 4 aliphatic rings. The number of carbonyl (C=O) groups excluding carboxylic acids is 3. The molecule has 1 aliphatic carbocycles. The van der Waals surface area contributed by atoms with E-state index in [1.165, 1.54) is 20.5 Å². The molecule has 4 amide bonds. The number of hydrogen-bond donors (Lipinski definition) is 5. The van der Waals surface area contributed by atoms with Gasteiger partial charge in [-0.2, -0.15) is 4.31 Å². The van der Waals surface area contributed by atoms with E-state index in [1.807, 2.05) is 70.3 Å².